The van der Waals surface area contributed by atoms with Crippen LogP contribution in [0.25, 0.3) is 11.7 Å². The molecule has 0 atom stereocenters. The molecule has 0 radical (unpaired) electrons. The van der Waals surface area contributed by atoms with Crippen molar-refractivity contribution in [1.29, 1.82) is 0 Å². The van der Waals surface area contributed by atoms with Crippen molar-refractivity contribution in [1.82, 2.24) is 14.9 Å². The van der Waals surface area contributed by atoms with E-state index in [0.29, 0.717) is 0 Å². The van der Waals surface area contributed by atoms with Crippen molar-refractivity contribution < 1.29 is 10.0 Å². The summed E-state index contributed by atoms with van der Waals surface area (Å²) in [6.07, 6.45) is 4.63. The SMILES string of the molecule is C/C=C/c1nc2cccc(CC)n2c1NCC(=O)NO. The van der Waals surface area contributed by atoms with Crippen molar-refractivity contribution in [3.8, 4) is 0 Å². The lowest BCUT2D eigenvalue weighted by molar-refractivity contribution is -0.127. The number of allylic oxidation sites excluding steroid dienone is 1. The molecule has 2 aromatic heterocycles. The van der Waals surface area contributed by atoms with Crippen molar-refractivity contribution in [2.45, 2.75) is 20.3 Å². The van der Waals surface area contributed by atoms with Crippen LogP contribution in [0.4, 0.5) is 5.82 Å². The Kier molecular flexibility index (Phi) is 4.37. The van der Waals surface area contributed by atoms with Crippen LogP contribution in [0.2, 0.25) is 0 Å². The summed E-state index contributed by atoms with van der Waals surface area (Å²) in [5.74, 6) is 0.250. The topological polar surface area (TPSA) is 78.7 Å². The molecule has 0 aromatic carbocycles. The summed E-state index contributed by atoms with van der Waals surface area (Å²) in [5, 5.41) is 11.6. The first kappa shape index (κ1) is 14.1. The second-order valence-corrected chi connectivity index (χ2v) is 4.30. The first-order valence-corrected chi connectivity index (χ1v) is 6.51. The molecule has 3 N–H and O–H groups in total. The number of imidazole rings is 1. The molecule has 0 fully saturated rings. The van der Waals surface area contributed by atoms with Crippen LogP contribution in [0.3, 0.4) is 0 Å². The fourth-order valence-electron chi connectivity index (χ4n) is 2.10. The minimum absolute atomic E-state index is 0.0209. The molecule has 0 saturated carbocycles. The van der Waals surface area contributed by atoms with Gasteiger partial charge in [0.25, 0.3) is 5.91 Å². The standard InChI is InChI=1S/C14H18N4O2/c1-3-6-11-14(15-9-13(19)17-20)18-10(4-2)7-5-8-12(18)16-11/h3,5-8,15,20H,4,9H2,1-2H3,(H,17,19)/b6-3+. The molecule has 6 heteroatoms. The van der Waals surface area contributed by atoms with Crippen LogP contribution in [0, 0.1) is 0 Å². The predicted octanol–water partition coefficient (Wildman–Crippen LogP) is 1.85. The fraction of sp³-hybridized carbons (Fsp3) is 0.286. The normalized spacial score (nSPS) is 11.2. The molecular weight excluding hydrogens is 256 g/mol. The van der Waals surface area contributed by atoms with E-state index in [-0.39, 0.29) is 6.54 Å². The van der Waals surface area contributed by atoms with Gasteiger partial charge in [-0.15, -0.1) is 0 Å². The third-order valence-electron chi connectivity index (χ3n) is 2.98. The number of carbonyl (C=O) groups is 1. The lowest BCUT2D eigenvalue weighted by atomic mass is 10.3. The number of pyridine rings is 1. The molecule has 0 aliphatic rings. The first-order chi connectivity index (χ1) is 9.71. The second kappa shape index (κ2) is 6.21. The highest BCUT2D eigenvalue weighted by Crippen LogP contribution is 2.22. The molecule has 0 spiro atoms. The number of nitrogens with one attached hydrogen (secondary N) is 2. The van der Waals surface area contributed by atoms with Crippen molar-refractivity contribution in [3.05, 3.63) is 35.7 Å². The zero-order valence-electron chi connectivity index (χ0n) is 11.6. The Balaban J connectivity index is 2.51. The zero-order chi connectivity index (χ0) is 14.5. The van der Waals surface area contributed by atoms with E-state index in [1.54, 1.807) is 5.48 Å². The van der Waals surface area contributed by atoms with Crippen molar-refractivity contribution in [3.63, 3.8) is 0 Å². The van der Waals surface area contributed by atoms with Gasteiger partial charge in [-0.25, -0.2) is 10.5 Å². The molecule has 0 unspecified atom stereocenters. The van der Waals surface area contributed by atoms with Gasteiger partial charge in [0.05, 0.1) is 6.54 Å². The molecule has 2 heterocycles. The average molecular weight is 274 g/mol. The molecule has 2 rings (SSSR count). The van der Waals surface area contributed by atoms with E-state index in [1.165, 1.54) is 0 Å². The Morgan fingerprint density at radius 3 is 2.95 bits per heavy atom. The molecule has 20 heavy (non-hydrogen) atoms. The zero-order valence-corrected chi connectivity index (χ0v) is 11.6. The van der Waals surface area contributed by atoms with E-state index in [1.807, 2.05) is 41.7 Å². The van der Waals surface area contributed by atoms with Gasteiger partial charge in [0.15, 0.2) is 0 Å². The second-order valence-electron chi connectivity index (χ2n) is 4.30. The van der Waals surface area contributed by atoms with Crippen molar-refractivity contribution in [2.24, 2.45) is 0 Å². The molecule has 0 bridgehead atoms. The number of aryl methyl sites for hydroxylation is 1. The molecule has 0 saturated heterocycles. The Hall–Kier alpha value is -2.34. The Morgan fingerprint density at radius 1 is 1.50 bits per heavy atom. The summed E-state index contributed by atoms with van der Waals surface area (Å²) in [6.45, 7) is 3.95. The summed E-state index contributed by atoms with van der Waals surface area (Å²) in [5.41, 5.74) is 4.29. The van der Waals surface area contributed by atoms with Crippen molar-refractivity contribution in [2.75, 3.05) is 11.9 Å². The summed E-state index contributed by atoms with van der Waals surface area (Å²) in [4.78, 5) is 15.7. The third-order valence-corrected chi connectivity index (χ3v) is 2.98. The fourth-order valence-corrected chi connectivity index (χ4v) is 2.10. The lowest BCUT2D eigenvalue weighted by Gasteiger charge is -2.09. The van der Waals surface area contributed by atoms with E-state index in [0.717, 1.165) is 29.3 Å². The number of hydrogen-bond acceptors (Lipinski definition) is 4. The highest BCUT2D eigenvalue weighted by molar-refractivity contribution is 5.80. The minimum atomic E-state index is -0.500. The summed E-state index contributed by atoms with van der Waals surface area (Å²) >= 11 is 0. The number of aromatic nitrogens is 2. The minimum Gasteiger partial charge on any atom is -0.360 e. The van der Waals surface area contributed by atoms with Gasteiger partial charge in [-0.3, -0.25) is 14.4 Å². The number of hydroxylamine groups is 1. The number of fused-ring (bicyclic) bond motifs is 1. The Bertz CT molecular complexity index is 646. The van der Waals surface area contributed by atoms with Crippen molar-refractivity contribution >= 4 is 23.4 Å². The first-order valence-electron chi connectivity index (χ1n) is 6.51. The van der Waals surface area contributed by atoms with Gasteiger partial charge in [0.2, 0.25) is 0 Å². The number of carbonyl (C=O) groups excluding carboxylic acids is 1. The summed E-state index contributed by atoms with van der Waals surface area (Å²) in [7, 11) is 0. The summed E-state index contributed by atoms with van der Waals surface area (Å²) < 4.78 is 1.99. The molecule has 1 amide bonds. The molecule has 6 nitrogen and oxygen atoms in total. The van der Waals surface area contributed by atoms with Crippen LogP contribution < -0.4 is 10.8 Å². The van der Waals surface area contributed by atoms with Gasteiger partial charge in [0.1, 0.15) is 17.2 Å². The summed E-state index contributed by atoms with van der Waals surface area (Å²) in [6, 6.07) is 5.90. The predicted molar refractivity (Wildman–Crippen MR) is 77.7 cm³/mol. The van der Waals surface area contributed by atoms with E-state index < -0.39 is 5.91 Å². The third kappa shape index (κ3) is 2.65. The van der Waals surface area contributed by atoms with Gasteiger partial charge in [-0.2, -0.15) is 0 Å². The van der Waals surface area contributed by atoms with Gasteiger partial charge < -0.3 is 5.32 Å². The molecule has 106 valence electrons. The van der Waals surface area contributed by atoms with Gasteiger partial charge >= 0.3 is 0 Å². The average Bonchev–Trinajstić information content (AvgIpc) is 2.82. The number of hydrogen-bond donors (Lipinski definition) is 3. The number of nitrogens with zero attached hydrogens (tertiary/aromatic N) is 2. The number of rotatable bonds is 5. The molecular formula is C14H18N4O2. The van der Waals surface area contributed by atoms with Crippen LogP contribution in [0.5, 0.6) is 0 Å². The molecule has 0 aliphatic carbocycles. The van der Waals surface area contributed by atoms with Crippen LogP contribution in [-0.4, -0.2) is 27.0 Å². The monoisotopic (exact) mass is 274 g/mol. The number of amides is 1. The largest absolute Gasteiger partial charge is 0.360 e. The molecule has 2 aromatic rings. The van der Waals surface area contributed by atoms with Gasteiger partial charge in [-0.05, 0) is 31.6 Å². The molecule has 0 aliphatic heterocycles. The van der Waals surface area contributed by atoms with E-state index in [4.69, 9.17) is 5.21 Å². The Morgan fingerprint density at radius 2 is 2.30 bits per heavy atom. The van der Waals surface area contributed by atoms with Gasteiger partial charge in [-0.1, -0.05) is 19.1 Å². The van der Waals surface area contributed by atoms with E-state index in [9.17, 15) is 4.79 Å². The van der Waals surface area contributed by atoms with E-state index in [2.05, 4.69) is 17.2 Å². The van der Waals surface area contributed by atoms with Crippen LogP contribution in [-0.2, 0) is 11.2 Å². The highest BCUT2D eigenvalue weighted by atomic mass is 16.5. The number of anilines is 1. The maximum atomic E-state index is 11.2. The quantitative estimate of drug-likeness (QED) is 0.574. The van der Waals surface area contributed by atoms with E-state index >= 15 is 0 Å². The van der Waals surface area contributed by atoms with Crippen LogP contribution >= 0.6 is 0 Å². The maximum absolute atomic E-state index is 11.2. The highest BCUT2D eigenvalue weighted by Gasteiger charge is 2.13. The van der Waals surface area contributed by atoms with Crippen LogP contribution in [0.1, 0.15) is 25.2 Å². The lowest BCUT2D eigenvalue weighted by Crippen LogP contribution is -2.27. The smallest absolute Gasteiger partial charge is 0.262 e. The Labute approximate surface area is 117 Å². The maximum Gasteiger partial charge on any atom is 0.262 e. The van der Waals surface area contributed by atoms with Gasteiger partial charge in [0, 0.05) is 5.69 Å². The van der Waals surface area contributed by atoms with Crippen LogP contribution in [0.15, 0.2) is 24.3 Å².